The summed E-state index contributed by atoms with van der Waals surface area (Å²) in [6.07, 6.45) is 4.32. The Morgan fingerprint density at radius 3 is 2.28 bits per heavy atom. The van der Waals surface area contributed by atoms with Gasteiger partial charge < -0.3 is 16.2 Å². The van der Waals surface area contributed by atoms with Crippen LogP contribution in [0.1, 0.15) is 16.8 Å². The lowest BCUT2D eigenvalue weighted by Crippen LogP contribution is -2.12. The zero-order valence-corrected chi connectivity index (χ0v) is 16.6. The van der Waals surface area contributed by atoms with Crippen LogP contribution in [0.15, 0.2) is 55.0 Å². The zero-order chi connectivity index (χ0) is 21.2. The summed E-state index contributed by atoms with van der Waals surface area (Å²) in [6.45, 7) is 0.313. The minimum atomic E-state index is -0.846. The van der Waals surface area contributed by atoms with Crippen molar-refractivity contribution in [3.05, 3.63) is 70.6 Å². The summed E-state index contributed by atoms with van der Waals surface area (Å²) in [4.78, 5) is 33.1. The summed E-state index contributed by atoms with van der Waals surface area (Å²) in [6, 6.07) is 11.6. The Kier molecular flexibility index (Phi) is 8.32. The Bertz CT molecular complexity index is 966. The van der Waals surface area contributed by atoms with E-state index in [1.807, 2.05) is 36.4 Å². The first kappa shape index (κ1) is 22.1. The molecule has 150 valence electrons. The second-order valence-electron chi connectivity index (χ2n) is 5.54. The number of benzene rings is 1. The lowest BCUT2D eigenvalue weighted by Gasteiger charge is -2.05. The number of nitrogens with zero attached hydrogens (tertiary/aromatic N) is 3. The van der Waals surface area contributed by atoms with E-state index in [0.29, 0.717) is 12.5 Å². The molecule has 29 heavy (non-hydrogen) atoms. The standard InChI is InChI=1S/C13H13N3O2.C6H4Cl2N2O/c17-12(18)7-9-15-13-14-8-6-11(16-13)10-4-2-1-3-5-10;7-3-1-10-2-4(8)5(3)6(9)11/h1-6,8H,7,9H2,(H,17,18)(H,14,15,16);1-2H,(H2,9,11). The third kappa shape index (κ3) is 7.02. The fraction of sp³-hybridized carbons (Fsp3) is 0.105. The van der Waals surface area contributed by atoms with Crippen molar-refractivity contribution in [1.29, 1.82) is 0 Å². The highest BCUT2D eigenvalue weighted by molar-refractivity contribution is 6.39. The van der Waals surface area contributed by atoms with Crippen LogP contribution in [-0.4, -0.2) is 38.5 Å². The second-order valence-corrected chi connectivity index (χ2v) is 6.36. The number of pyridine rings is 1. The molecule has 4 N–H and O–H groups in total. The molecule has 0 aliphatic rings. The average molecular weight is 434 g/mol. The number of halogens is 2. The van der Waals surface area contributed by atoms with Crippen molar-refractivity contribution in [2.75, 3.05) is 11.9 Å². The number of aliphatic carboxylic acids is 1. The average Bonchev–Trinajstić information content (AvgIpc) is 2.69. The van der Waals surface area contributed by atoms with Gasteiger partial charge in [0.25, 0.3) is 5.91 Å². The molecule has 0 spiro atoms. The van der Waals surface area contributed by atoms with Crippen LogP contribution < -0.4 is 11.1 Å². The van der Waals surface area contributed by atoms with E-state index >= 15 is 0 Å². The molecule has 0 saturated carbocycles. The van der Waals surface area contributed by atoms with Crippen molar-refractivity contribution >= 4 is 41.0 Å². The van der Waals surface area contributed by atoms with Gasteiger partial charge in [0.1, 0.15) is 0 Å². The first-order chi connectivity index (χ1) is 13.9. The zero-order valence-electron chi connectivity index (χ0n) is 15.0. The smallest absolute Gasteiger partial charge is 0.305 e. The van der Waals surface area contributed by atoms with E-state index in [1.54, 1.807) is 6.20 Å². The molecule has 0 aliphatic carbocycles. The molecule has 2 aromatic heterocycles. The van der Waals surface area contributed by atoms with Crippen LogP contribution in [0.3, 0.4) is 0 Å². The van der Waals surface area contributed by atoms with E-state index in [4.69, 9.17) is 34.0 Å². The van der Waals surface area contributed by atoms with Crippen molar-refractivity contribution < 1.29 is 14.7 Å². The first-order valence-electron chi connectivity index (χ1n) is 8.31. The summed E-state index contributed by atoms with van der Waals surface area (Å²) < 4.78 is 0. The van der Waals surface area contributed by atoms with Crippen LogP contribution in [0.5, 0.6) is 0 Å². The number of primary amides is 1. The summed E-state index contributed by atoms with van der Waals surface area (Å²) in [5.74, 6) is -1.05. The molecule has 0 aliphatic heterocycles. The van der Waals surface area contributed by atoms with Crippen LogP contribution >= 0.6 is 23.2 Å². The number of aromatic nitrogens is 3. The Hall–Kier alpha value is -3.23. The van der Waals surface area contributed by atoms with Crippen LogP contribution in [0.2, 0.25) is 10.0 Å². The molecule has 0 unspecified atom stereocenters. The number of hydrogen-bond acceptors (Lipinski definition) is 6. The van der Waals surface area contributed by atoms with Crippen LogP contribution in [0.25, 0.3) is 11.3 Å². The van der Waals surface area contributed by atoms with Crippen LogP contribution in [0, 0.1) is 0 Å². The Labute approximate surface area is 176 Å². The maximum Gasteiger partial charge on any atom is 0.305 e. The number of carboxylic acids is 1. The van der Waals surface area contributed by atoms with Gasteiger partial charge in [0, 0.05) is 30.7 Å². The quantitative estimate of drug-likeness (QED) is 0.541. The van der Waals surface area contributed by atoms with Crippen molar-refractivity contribution in [3.8, 4) is 11.3 Å². The minimum absolute atomic E-state index is 0.0406. The van der Waals surface area contributed by atoms with Crippen LogP contribution in [-0.2, 0) is 4.79 Å². The Morgan fingerprint density at radius 1 is 1.07 bits per heavy atom. The van der Waals surface area contributed by atoms with Crippen molar-refractivity contribution in [3.63, 3.8) is 0 Å². The van der Waals surface area contributed by atoms with Crippen molar-refractivity contribution in [2.45, 2.75) is 6.42 Å². The number of nitrogens with one attached hydrogen (secondary N) is 1. The van der Waals surface area contributed by atoms with Gasteiger partial charge in [-0.1, -0.05) is 53.5 Å². The third-order valence-electron chi connectivity index (χ3n) is 3.45. The molecule has 3 rings (SSSR count). The fourth-order valence-electron chi connectivity index (χ4n) is 2.14. The van der Waals surface area contributed by atoms with Gasteiger partial charge in [0.15, 0.2) is 0 Å². The number of carbonyl (C=O) groups is 2. The normalized spacial score (nSPS) is 9.86. The monoisotopic (exact) mass is 433 g/mol. The van der Waals surface area contributed by atoms with Gasteiger partial charge in [-0.15, -0.1) is 0 Å². The molecule has 3 aromatic rings. The summed E-state index contributed by atoms with van der Waals surface area (Å²) in [5, 5.41) is 11.8. The van der Waals surface area contributed by atoms with Crippen LogP contribution in [0.4, 0.5) is 5.95 Å². The number of hydrogen-bond donors (Lipinski definition) is 3. The molecule has 0 fully saturated rings. The third-order valence-corrected chi connectivity index (χ3v) is 4.02. The second kappa shape index (κ2) is 10.9. The highest BCUT2D eigenvalue weighted by Gasteiger charge is 2.10. The SMILES string of the molecule is NC(=O)c1c(Cl)cncc1Cl.O=C(O)CCNc1nccc(-c2ccccc2)n1. The van der Waals surface area contributed by atoms with Crippen molar-refractivity contribution in [2.24, 2.45) is 5.73 Å². The van der Waals surface area contributed by atoms with E-state index in [-0.39, 0.29) is 22.0 Å². The van der Waals surface area contributed by atoms with E-state index in [0.717, 1.165) is 11.3 Å². The summed E-state index contributed by atoms with van der Waals surface area (Å²) >= 11 is 11.2. The van der Waals surface area contributed by atoms with Gasteiger partial charge in [-0.3, -0.25) is 14.6 Å². The highest BCUT2D eigenvalue weighted by Crippen LogP contribution is 2.21. The van der Waals surface area contributed by atoms with E-state index in [9.17, 15) is 9.59 Å². The maximum absolute atomic E-state index is 10.7. The van der Waals surface area contributed by atoms with Crippen molar-refractivity contribution in [1.82, 2.24) is 15.0 Å². The molecule has 0 atom stereocenters. The molecule has 1 aromatic carbocycles. The molecule has 0 saturated heterocycles. The minimum Gasteiger partial charge on any atom is -0.481 e. The highest BCUT2D eigenvalue weighted by atomic mass is 35.5. The van der Waals surface area contributed by atoms with Gasteiger partial charge in [0.2, 0.25) is 5.95 Å². The molecule has 2 heterocycles. The van der Waals surface area contributed by atoms with Gasteiger partial charge in [-0.25, -0.2) is 9.97 Å². The number of carbonyl (C=O) groups excluding carboxylic acids is 1. The van der Waals surface area contributed by atoms with E-state index in [1.165, 1.54) is 12.4 Å². The summed E-state index contributed by atoms with van der Waals surface area (Å²) in [7, 11) is 0. The molecule has 0 radical (unpaired) electrons. The number of anilines is 1. The number of amides is 1. The van der Waals surface area contributed by atoms with Gasteiger partial charge >= 0.3 is 5.97 Å². The molecule has 10 heteroatoms. The first-order valence-corrected chi connectivity index (χ1v) is 9.07. The van der Waals surface area contributed by atoms with Gasteiger partial charge in [0.05, 0.1) is 27.7 Å². The lowest BCUT2D eigenvalue weighted by molar-refractivity contribution is -0.136. The molecular weight excluding hydrogens is 417 g/mol. The molecule has 8 nitrogen and oxygen atoms in total. The molecule has 0 bridgehead atoms. The maximum atomic E-state index is 10.7. The largest absolute Gasteiger partial charge is 0.481 e. The van der Waals surface area contributed by atoms with E-state index < -0.39 is 11.9 Å². The lowest BCUT2D eigenvalue weighted by atomic mass is 10.1. The van der Waals surface area contributed by atoms with Gasteiger partial charge in [-0.05, 0) is 6.07 Å². The predicted octanol–water partition coefficient (Wildman–Crippen LogP) is 3.52. The number of nitrogens with two attached hydrogens (primary N) is 1. The number of carboxylic acid groups (broad SMARTS) is 1. The number of rotatable bonds is 6. The van der Waals surface area contributed by atoms with Gasteiger partial charge in [-0.2, -0.15) is 0 Å². The predicted molar refractivity (Wildman–Crippen MR) is 111 cm³/mol. The Balaban J connectivity index is 0.000000234. The summed E-state index contributed by atoms with van der Waals surface area (Å²) in [5.41, 5.74) is 6.90. The Morgan fingerprint density at radius 2 is 1.72 bits per heavy atom. The fourth-order valence-corrected chi connectivity index (χ4v) is 2.69. The molecular formula is C19H17Cl2N5O3. The molecule has 1 amide bonds. The topological polar surface area (TPSA) is 131 Å². The van der Waals surface area contributed by atoms with E-state index in [2.05, 4.69) is 20.3 Å².